The highest BCUT2D eigenvalue weighted by Gasteiger charge is 2.34. The Labute approximate surface area is 244 Å². The molecule has 1 aliphatic rings. The Kier molecular flexibility index (Phi) is 9.65. The van der Waals surface area contributed by atoms with E-state index in [1.165, 1.54) is 0 Å². The van der Waals surface area contributed by atoms with E-state index in [0.29, 0.717) is 40.9 Å². The quantitative estimate of drug-likeness (QED) is 0.223. The summed E-state index contributed by atoms with van der Waals surface area (Å²) >= 11 is 12.3. The Hall–Kier alpha value is -4.06. The number of ether oxygens (including phenoxy) is 3. The van der Waals surface area contributed by atoms with Gasteiger partial charge in [0.05, 0.1) is 11.5 Å². The molecule has 4 rings (SSSR count). The van der Waals surface area contributed by atoms with E-state index in [4.69, 9.17) is 43.1 Å². The van der Waals surface area contributed by atoms with Crippen LogP contribution in [-0.4, -0.2) is 45.4 Å². The van der Waals surface area contributed by atoms with Crippen LogP contribution in [-0.2, 0) is 16.2 Å². The van der Waals surface area contributed by atoms with Gasteiger partial charge in [0.2, 0.25) is 0 Å². The average molecular weight is 599 g/mol. The van der Waals surface area contributed by atoms with Crippen LogP contribution in [0.3, 0.4) is 0 Å². The summed E-state index contributed by atoms with van der Waals surface area (Å²) in [6.45, 7) is 1.94. The van der Waals surface area contributed by atoms with Gasteiger partial charge in [-0.15, -0.1) is 0 Å². The molecule has 2 N–H and O–H groups in total. The van der Waals surface area contributed by atoms with Gasteiger partial charge in [-0.05, 0) is 84.9 Å². The molecular weight excluding hydrogens is 576 g/mol. The summed E-state index contributed by atoms with van der Waals surface area (Å²) < 4.78 is 16.7. The zero-order valence-corrected chi connectivity index (χ0v) is 23.5. The predicted octanol–water partition coefficient (Wildman–Crippen LogP) is 5.33. The molecule has 0 spiro atoms. The number of halogens is 1. The van der Waals surface area contributed by atoms with E-state index >= 15 is 0 Å². The number of hydrogen-bond acceptors (Lipinski definition) is 8. The molecule has 0 saturated carbocycles. The zero-order valence-electron chi connectivity index (χ0n) is 21.1. The number of thiocarbonyl (C=S) groups is 1. The van der Waals surface area contributed by atoms with E-state index in [0.717, 1.165) is 22.3 Å². The molecule has 1 saturated heterocycles. The molecule has 0 radical (unpaired) electrons. The van der Waals surface area contributed by atoms with Gasteiger partial charge < -0.3 is 19.3 Å². The summed E-state index contributed by atoms with van der Waals surface area (Å²) in [4.78, 5) is 37.0. The summed E-state index contributed by atoms with van der Waals surface area (Å²) in [6, 6.07) is 18.6. The maximum absolute atomic E-state index is 13.0. The van der Waals surface area contributed by atoms with Crippen molar-refractivity contribution >= 4 is 63.8 Å². The lowest BCUT2D eigenvalue weighted by Gasteiger charge is -2.16. The van der Waals surface area contributed by atoms with Crippen molar-refractivity contribution in [3.05, 3.63) is 93.3 Å². The van der Waals surface area contributed by atoms with E-state index in [1.807, 2.05) is 12.1 Å². The smallest absolute Gasteiger partial charge is 0.341 e. The fourth-order valence-corrected chi connectivity index (χ4v) is 4.78. The Bertz CT molecular complexity index is 1460. The Morgan fingerprint density at radius 2 is 1.75 bits per heavy atom. The van der Waals surface area contributed by atoms with Crippen LogP contribution in [0.5, 0.6) is 17.2 Å². The molecule has 0 atom stereocenters. The second-order valence-corrected chi connectivity index (χ2v) is 10.3. The van der Waals surface area contributed by atoms with Gasteiger partial charge in [0.25, 0.3) is 11.8 Å². The first-order chi connectivity index (χ1) is 19.2. The van der Waals surface area contributed by atoms with Crippen molar-refractivity contribution in [2.45, 2.75) is 13.5 Å². The van der Waals surface area contributed by atoms with E-state index in [9.17, 15) is 14.4 Å². The highest BCUT2D eigenvalue weighted by Crippen LogP contribution is 2.34. The molecule has 3 aromatic carbocycles. The molecule has 206 valence electrons. The van der Waals surface area contributed by atoms with E-state index in [1.54, 1.807) is 67.6 Å². The third-order valence-electron chi connectivity index (χ3n) is 5.36. The molecule has 0 bridgehead atoms. The fraction of sp³-hybridized carbons (Fsp3) is 0.143. The number of nitrogens with zero attached hydrogens (tertiary/aromatic N) is 1. The van der Waals surface area contributed by atoms with Crippen LogP contribution in [0.1, 0.15) is 28.4 Å². The molecule has 0 unspecified atom stereocenters. The predicted molar refractivity (Wildman–Crippen MR) is 155 cm³/mol. The summed E-state index contributed by atoms with van der Waals surface area (Å²) in [6.07, 6.45) is 1.60. The SMILES string of the molecule is CCOc1cc(/C=C2/SC(=S)N(NC(=O)c3ccc(OCc4ccc(Cl)cc4)cc3)C2=O)ccc1OCC(=O)O. The van der Waals surface area contributed by atoms with Crippen molar-refractivity contribution in [3.63, 3.8) is 0 Å². The number of carbonyl (C=O) groups excluding carboxylic acids is 2. The number of nitrogens with one attached hydrogen (secondary N) is 1. The van der Waals surface area contributed by atoms with Crippen LogP contribution in [0.15, 0.2) is 71.6 Å². The van der Waals surface area contributed by atoms with E-state index in [2.05, 4.69) is 5.43 Å². The number of hydrazine groups is 1. The van der Waals surface area contributed by atoms with Crippen molar-refractivity contribution < 1.29 is 33.7 Å². The van der Waals surface area contributed by atoms with Crippen molar-refractivity contribution in [2.75, 3.05) is 13.2 Å². The summed E-state index contributed by atoms with van der Waals surface area (Å²) in [5.41, 5.74) is 4.42. The Balaban J connectivity index is 1.39. The number of amides is 2. The monoisotopic (exact) mass is 598 g/mol. The molecule has 3 aromatic rings. The maximum Gasteiger partial charge on any atom is 0.341 e. The van der Waals surface area contributed by atoms with Crippen molar-refractivity contribution in [2.24, 2.45) is 0 Å². The Morgan fingerprint density at radius 3 is 2.42 bits per heavy atom. The lowest BCUT2D eigenvalue weighted by Crippen LogP contribution is -2.44. The number of rotatable bonds is 11. The first kappa shape index (κ1) is 28.9. The third-order valence-corrected chi connectivity index (χ3v) is 6.91. The van der Waals surface area contributed by atoms with Gasteiger partial charge in [0, 0.05) is 10.6 Å². The lowest BCUT2D eigenvalue weighted by atomic mass is 10.2. The van der Waals surface area contributed by atoms with Gasteiger partial charge in [0.1, 0.15) is 12.4 Å². The molecule has 1 fully saturated rings. The summed E-state index contributed by atoms with van der Waals surface area (Å²) in [5.74, 6) is -0.943. The minimum atomic E-state index is -1.12. The number of carboxylic acids is 1. The number of hydrogen-bond donors (Lipinski definition) is 2. The number of thioether (sulfide) groups is 1. The second-order valence-electron chi connectivity index (χ2n) is 8.22. The van der Waals surface area contributed by atoms with Gasteiger partial charge >= 0.3 is 5.97 Å². The highest BCUT2D eigenvalue weighted by molar-refractivity contribution is 8.26. The minimum Gasteiger partial charge on any atom is -0.490 e. The molecule has 1 aliphatic heterocycles. The molecule has 9 nitrogen and oxygen atoms in total. The molecule has 40 heavy (non-hydrogen) atoms. The number of benzene rings is 3. The Morgan fingerprint density at radius 1 is 1.02 bits per heavy atom. The van der Waals surface area contributed by atoms with Gasteiger partial charge in [0.15, 0.2) is 22.4 Å². The number of carbonyl (C=O) groups is 3. The van der Waals surface area contributed by atoms with Crippen molar-refractivity contribution in [1.29, 1.82) is 0 Å². The molecule has 0 aromatic heterocycles. The van der Waals surface area contributed by atoms with E-state index in [-0.39, 0.29) is 15.0 Å². The summed E-state index contributed by atoms with van der Waals surface area (Å²) in [7, 11) is 0. The second kappa shape index (κ2) is 13.3. The first-order valence-corrected chi connectivity index (χ1v) is 13.5. The number of carboxylic acid groups (broad SMARTS) is 1. The molecule has 0 aliphatic carbocycles. The minimum absolute atomic E-state index is 0.166. The van der Waals surface area contributed by atoms with Crippen LogP contribution in [0, 0.1) is 0 Å². The van der Waals surface area contributed by atoms with Crippen LogP contribution < -0.4 is 19.6 Å². The fourth-order valence-electron chi connectivity index (χ4n) is 3.47. The van der Waals surface area contributed by atoms with Gasteiger partial charge in [-0.2, -0.15) is 5.01 Å². The topological polar surface area (TPSA) is 114 Å². The highest BCUT2D eigenvalue weighted by atomic mass is 35.5. The van der Waals surface area contributed by atoms with Gasteiger partial charge in [-0.3, -0.25) is 15.0 Å². The molecule has 12 heteroatoms. The molecule has 2 amide bonds. The maximum atomic E-state index is 13.0. The largest absolute Gasteiger partial charge is 0.490 e. The molecular formula is C28H23ClN2O7S2. The van der Waals surface area contributed by atoms with Crippen LogP contribution in [0.25, 0.3) is 6.08 Å². The van der Waals surface area contributed by atoms with Crippen LogP contribution >= 0.6 is 35.6 Å². The summed E-state index contributed by atoms with van der Waals surface area (Å²) in [5, 5.41) is 10.5. The van der Waals surface area contributed by atoms with Crippen molar-refractivity contribution in [3.8, 4) is 17.2 Å². The van der Waals surface area contributed by atoms with Crippen molar-refractivity contribution in [1.82, 2.24) is 10.4 Å². The lowest BCUT2D eigenvalue weighted by molar-refractivity contribution is -0.139. The number of aliphatic carboxylic acids is 1. The first-order valence-electron chi connectivity index (χ1n) is 11.9. The third kappa shape index (κ3) is 7.53. The normalized spacial score (nSPS) is 13.8. The molecule has 1 heterocycles. The van der Waals surface area contributed by atoms with Gasteiger partial charge in [-0.1, -0.05) is 41.6 Å². The standard InChI is InChI=1S/C28H23ClN2O7S2/c1-2-36-23-13-18(5-12-22(23)38-16-25(32)33)14-24-27(35)31(28(39)40-24)30-26(34)19-6-10-21(11-7-19)37-15-17-3-8-20(29)9-4-17/h3-14H,2,15-16H2,1H3,(H,30,34)(H,32,33)/b24-14+. The van der Waals surface area contributed by atoms with E-state index < -0.39 is 24.4 Å². The van der Waals surface area contributed by atoms with Crippen LogP contribution in [0.4, 0.5) is 0 Å². The van der Waals surface area contributed by atoms with Crippen LogP contribution in [0.2, 0.25) is 5.02 Å². The van der Waals surface area contributed by atoms with Gasteiger partial charge in [-0.25, -0.2) is 4.79 Å². The average Bonchev–Trinajstić information content (AvgIpc) is 3.19. The zero-order chi connectivity index (χ0) is 28.6.